The number of nitrogens with one attached hydrogen (secondary N) is 1. The van der Waals surface area contributed by atoms with Crippen LogP contribution in [0.25, 0.3) is 0 Å². The molecule has 5 heteroatoms. The van der Waals surface area contributed by atoms with Gasteiger partial charge in [-0.05, 0) is 55.0 Å². The molecule has 0 unspecified atom stereocenters. The van der Waals surface area contributed by atoms with Crippen LogP contribution in [-0.2, 0) is 11.2 Å². The lowest BCUT2D eigenvalue weighted by Gasteiger charge is -2.32. The van der Waals surface area contributed by atoms with E-state index in [-0.39, 0.29) is 17.6 Å². The first-order valence-corrected chi connectivity index (χ1v) is 9.51. The number of carbonyl (C=O) groups is 2. The number of carbonyl (C=O) groups excluding carboxylic acids is 2. The van der Waals surface area contributed by atoms with Gasteiger partial charge in [0.1, 0.15) is 5.75 Å². The van der Waals surface area contributed by atoms with Gasteiger partial charge in [-0.25, -0.2) is 0 Å². The second-order valence-corrected chi connectivity index (χ2v) is 7.07. The summed E-state index contributed by atoms with van der Waals surface area (Å²) in [6.07, 6.45) is 3.15. The highest BCUT2D eigenvalue weighted by Gasteiger charge is 2.23. The van der Waals surface area contributed by atoms with Gasteiger partial charge in [0, 0.05) is 31.6 Å². The number of likely N-dealkylation sites (tertiary alicyclic amines) is 1. The number of aryl methyl sites for hydroxylation is 1. The molecule has 0 aliphatic carbocycles. The van der Waals surface area contributed by atoms with Crippen LogP contribution in [0, 0.1) is 5.92 Å². The van der Waals surface area contributed by atoms with Gasteiger partial charge >= 0.3 is 0 Å². The van der Waals surface area contributed by atoms with E-state index < -0.39 is 0 Å². The van der Waals surface area contributed by atoms with Crippen LogP contribution in [0.1, 0.15) is 35.2 Å². The van der Waals surface area contributed by atoms with E-state index in [9.17, 15) is 14.7 Å². The second-order valence-electron chi connectivity index (χ2n) is 7.07. The molecule has 27 heavy (non-hydrogen) atoms. The van der Waals surface area contributed by atoms with E-state index in [1.165, 1.54) is 17.7 Å². The molecule has 142 valence electrons. The van der Waals surface area contributed by atoms with Gasteiger partial charge in [0.25, 0.3) is 5.91 Å². The fourth-order valence-corrected chi connectivity index (χ4v) is 3.39. The first-order chi connectivity index (χ1) is 13.1. The quantitative estimate of drug-likeness (QED) is 0.826. The number of aromatic hydroxyl groups is 1. The number of phenols is 1. The van der Waals surface area contributed by atoms with E-state index >= 15 is 0 Å². The molecule has 1 saturated heterocycles. The zero-order valence-corrected chi connectivity index (χ0v) is 15.4. The summed E-state index contributed by atoms with van der Waals surface area (Å²) in [4.78, 5) is 26.5. The summed E-state index contributed by atoms with van der Waals surface area (Å²) in [5.41, 5.74) is 1.74. The predicted octanol–water partition coefficient (Wildman–Crippen LogP) is 2.99. The highest BCUT2D eigenvalue weighted by atomic mass is 16.3. The minimum absolute atomic E-state index is 0.128. The number of piperidine rings is 1. The number of rotatable bonds is 6. The van der Waals surface area contributed by atoms with E-state index in [1.807, 2.05) is 23.1 Å². The highest BCUT2D eigenvalue weighted by Crippen LogP contribution is 2.18. The van der Waals surface area contributed by atoms with Crippen molar-refractivity contribution in [1.29, 1.82) is 0 Å². The van der Waals surface area contributed by atoms with Gasteiger partial charge in [-0.2, -0.15) is 0 Å². The van der Waals surface area contributed by atoms with Crippen LogP contribution in [0.3, 0.4) is 0 Å². The molecule has 1 aliphatic heterocycles. The minimum atomic E-state index is -0.128. The van der Waals surface area contributed by atoms with Gasteiger partial charge in [-0.3, -0.25) is 9.59 Å². The third-order valence-corrected chi connectivity index (χ3v) is 5.12. The molecule has 1 aliphatic rings. The number of hydrogen-bond donors (Lipinski definition) is 2. The number of hydrogen-bond acceptors (Lipinski definition) is 3. The Kier molecular flexibility index (Phi) is 6.47. The summed E-state index contributed by atoms with van der Waals surface area (Å²) in [5.74, 6) is 0.627. The number of phenolic OH excluding ortho intramolecular Hbond substituents is 1. The molecule has 1 heterocycles. The molecular formula is C22H26N2O3. The Morgan fingerprint density at radius 1 is 1.00 bits per heavy atom. The van der Waals surface area contributed by atoms with E-state index in [0.717, 1.165) is 32.4 Å². The summed E-state index contributed by atoms with van der Waals surface area (Å²) in [6, 6.07) is 16.3. The Morgan fingerprint density at radius 3 is 2.33 bits per heavy atom. The minimum Gasteiger partial charge on any atom is -0.508 e. The third-order valence-electron chi connectivity index (χ3n) is 5.12. The van der Waals surface area contributed by atoms with Crippen molar-refractivity contribution in [3.8, 4) is 5.75 Å². The summed E-state index contributed by atoms with van der Waals surface area (Å²) in [6.45, 7) is 2.13. The lowest BCUT2D eigenvalue weighted by molar-refractivity contribution is -0.132. The molecule has 3 rings (SSSR count). The third kappa shape index (κ3) is 5.58. The highest BCUT2D eigenvalue weighted by molar-refractivity contribution is 5.94. The topological polar surface area (TPSA) is 69.6 Å². The number of nitrogens with zero attached hydrogens (tertiary/aromatic N) is 1. The van der Waals surface area contributed by atoms with Crippen LogP contribution in [0.4, 0.5) is 0 Å². The van der Waals surface area contributed by atoms with Gasteiger partial charge in [0.05, 0.1) is 0 Å². The Labute approximate surface area is 160 Å². The van der Waals surface area contributed by atoms with E-state index in [4.69, 9.17) is 0 Å². The van der Waals surface area contributed by atoms with Crippen molar-refractivity contribution in [2.75, 3.05) is 19.6 Å². The molecule has 0 spiro atoms. The first kappa shape index (κ1) is 19.0. The summed E-state index contributed by atoms with van der Waals surface area (Å²) >= 11 is 0. The van der Waals surface area contributed by atoms with E-state index in [1.54, 1.807) is 12.1 Å². The van der Waals surface area contributed by atoms with E-state index in [0.29, 0.717) is 24.4 Å². The predicted molar refractivity (Wildman–Crippen MR) is 105 cm³/mol. The van der Waals surface area contributed by atoms with Crippen LogP contribution in [0.5, 0.6) is 5.75 Å². The molecular weight excluding hydrogens is 340 g/mol. The molecule has 0 saturated carbocycles. The molecule has 2 amide bonds. The SMILES string of the molecule is O=C(NCC1CCN(C(=O)CCc2ccccc2)CC1)c1ccc(O)cc1. The average Bonchev–Trinajstić information content (AvgIpc) is 2.72. The standard InChI is InChI=1S/C22H26N2O3/c25-20-9-7-19(8-10-20)22(27)23-16-18-12-14-24(15-13-18)21(26)11-6-17-4-2-1-3-5-17/h1-5,7-10,18,25H,6,11-16H2,(H,23,27). The maximum atomic E-state index is 12.4. The van der Waals surface area contributed by atoms with Crippen molar-refractivity contribution in [2.24, 2.45) is 5.92 Å². The Hall–Kier alpha value is -2.82. The van der Waals surface area contributed by atoms with Crippen LogP contribution < -0.4 is 5.32 Å². The molecule has 2 N–H and O–H groups in total. The van der Waals surface area contributed by atoms with E-state index in [2.05, 4.69) is 17.4 Å². The molecule has 0 radical (unpaired) electrons. The van der Waals surface area contributed by atoms with Crippen LogP contribution in [0.15, 0.2) is 54.6 Å². The molecule has 1 fully saturated rings. The van der Waals surface area contributed by atoms with Crippen LogP contribution >= 0.6 is 0 Å². The van der Waals surface area contributed by atoms with Crippen LogP contribution in [0.2, 0.25) is 0 Å². The summed E-state index contributed by atoms with van der Waals surface area (Å²) in [7, 11) is 0. The molecule has 0 atom stereocenters. The Bertz CT molecular complexity index is 751. The van der Waals surface area contributed by atoms with Gasteiger partial charge < -0.3 is 15.3 Å². The van der Waals surface area contributed by atoms with Gasteiger partial charge in [-0.15, -0.1) is 0 Å². The maximum absolute atomic E-state index is 12.4. The lowest BCUT2D eigenvalue weighted by Crippen LogP contribution is -2.41. The smallest absolute Gasteiger partial charge is 0.251 e. The van der Waals surface area contributed by atoms with Crippen molar-refractivity contribution < 1.29 is 14.7 Å². The van der Waals surface area contributed by atoms with Crippen molar-refractivity contribution in [3.63, 3.8) is 0 Å². The second kappa shape index (κ2) is 9.21. The van der Waals surface area contributed by atoms with Gasteiger partial charge in [-0.1, -0.05) is 30.3 Å². The summed E-state index contributed by atoms with van der Waals surface area (Å²) in [5, 5.41) is 12.2. The fourth-order valence-electron chi connectivity index (χ4n) is 3.39. The monoisotopic (exact) mass is 366 g/mol. The Morgan fingerprint density at radius 2 is 1.67 bits per heavy atom. The Balaban J connectivity index is 1.37. The average molecular weight is 366 g/mol. The lowest BCUT2D eigenvalue weighted by atomic mass is 9.96. The molecule has 0 aromatic heterocycles. The van der Waals surface area contributed by atoms with Gasteiger partial charge in [0.2, 0.25) is 5.91 Å². The first-order valence-electron chi connectivity index (χ1n) is 9.51. The summed E-state index contributed by atoms with van der Waals surface area (Å²) < 4.78 is 0. The van der Waals surface area contributed by atoms with Crippen molar-refractivity contribution in [1.82, 2.24) is 10.2 Å². The molecule has 2 aromatic rings. The zero-order chi connectivity index (χ0) is 19.1. The van der Waals surface area contributed by atoms with Crippen molar-refractivity contribution >= 4 is 11.8 Å². The maximum Gasteiger partial charge on any atom is 0.251 e. The van der Waals surface area contributed by atoms with Crippen LogP contribution in [-0.4, -0.2) is 41.5 Å². The van der Waals surface area contributed by atoms with Crippen molar-refractivity contribution in [3.05, 3.63) is 65.7 Å². The van der Waals surface area contributed by atoms with Gasteiger partial charge in [0.15, 0.2) is 0 Å². The fraction of sp³-hybridized carbons (Fsp3) is 0.364. The number of benzene rings is 2. The molecule has 5 nitrogen and oxygen atoms in total. The molecule has 2 aromatic carbocycles. The largest absolute Gasteiger partial charge is 0.508 e. The molecule has 0 bridgehead atoms. The number of amides is 2. The zero-order valence-electron chi connectivity index (χ0n) is 15.4. The normalized spacial score (nSPS) is 14.7. The van der Waals surface area contributed by atoms with Crippen molar-refractivity contribution in [2.45, 2.75) is 25.7 Å².